The molecule has 2 aliphatic rings. The minimum absolute atomic E-state index is 0.00630. The van der Waals surface area contributed by atoms with Gasteiger partial charge in [0.1, 0.15) is 5.69 Å². The molecule has 1 saturated heterocycles. The minimum atomic E-state index is -0.339. The molecule has 10 heteroatoms. The molecule has 35 heavy (non-hydrogen) atoms. The lowest BCUT2D eigenvalue weighted by Crippen LogP contribution is -2.47. The van der Waals surface area contributed by atoms with Crippen molar-refractivity contribution in [3.8, 4) is 11.4 Å². The standard InChI is InChI=1S/C25H31N7O3/c1-2-32-20(9-12-28-32)25(34)31-13-6-4-3-5-11-27-23(33)19-14-18(15-21(19)31)24-29-22(30-35-24)17-8-7-10-26-16-17/h7-10,12,16,18-19,21H,2-6,11,13-15H2,1H3,(H,27,33)/t18-,19-,21+/m1/s1. The van der Waals surface area contributed by atoms with Gasteiger partial charge in [-0.05, 0) is 50.8 Å². The van der Waals surface area contributed by atoms with E-state index in [4.69, 9.17) is 4.52 Å². The van der Waals surface area contributed by atoms with E-state index in [1.54, 1.807) is 29.3 Å². The number of pyridine rings is 1. The Bertz CT molecular complexity index is 1160. The van der Waals surface area contributed by atoms with Crippen LogP contribution in [0.15, 0.2) is 41.3 Å². The fourth-order valence-electron chi connectivity index (χ4n) is 5.29. The summed E-state index contributed by atoms with van der Waals surface area (Å²) >= 11 is 0. The first kappa shape index (κ1) is 23.2. The molecule has 3 atom stereocenters. The van der Waals surface area contributed by atoms with E-state index in [0.29, 0.717) is 49.9 Å². The number of nitrogens with zero attached hydrogens (tertiary/aromatic N) is 6. The molecule has 4 heterocycles. The van der Waals surface area contributed by atoms with Crippen LogP contribution in [0.1, 0.15) is 67.7 Å². The minimum Gasteiger partial charge on any atom is -0.356 e. The molecule has 1 N–H and O–H groups in total. The third-order valence-corrected chi connectivity index (χ3v) is 7.10. The van der Waals surface area contributed by atoms with Crippen molar-refractivity contribution in [1.82, 2.24) is 35.1 Å². The van der Waals surface area contributed by atoms with E-state index in [1.807, 2.05) is 24.0 Å². The van der Waals surface area contributed by atoms with Crippen LogP contribution in [0, 0.1) is 5.92 Å². The van der Waals surface area contributed by atoms with Crippen LogP contribution in [-0.2, 0) is 11.3 Å². The first-order chi connectivity index (χ1) is 17.2. The quantitative estimate of drug-likeness (QED) is 0.613. The maximum absolute atomic E-state index is 13.7. The smallest absolute Gasteiger partial charge is 0.272 e. The Labute approximate surface area is 204 Å². The van der Waals surface area contributed by atoms with Crippen LogP contribution in [0.2, 0.25) is 0 Å². The molecule has 0 bridgehead atoms. The first-order valence-electron chi connectivity index (χ1n) is 12.5. The number of nitrogens with one attached hydrogen (secondary N) is 1. The zero-order valence-electron chi connectivity index (χ0n) is 20.0. The average Bonchev–Trinajstić information content (AvgIpc) is 3.64. The Kier molecular flexibility index (Phi) is 6.87. The Balaban J connectivity index is 1.45. The topological polar surface area (TPSA) is 119 Å². The molecule has 1 aliphatic heterocycles. The number of carbonyl (C=O) groups excluding carboxylic acids is 2. The maximum Gasteiger partial charge on any atom is 0.272 e. The van der Waals surface area contributed by atoms with Gasteiger partial charge in [0.15, 0.2) is 0 Å². The number of aromatic nitrogens is 5. The molecular formula is C25H31N7O3. The zero-order chi connectivity index (χ0) is 24.2. The number of rotatable bonds is 4. The maximum atomic E-state index is 13.7. The summed E-state index contributed by atoms with van der Waals surface area (Å²) in [6.07, 6.45) is 10.1. The summed E-state index contributed by atoms with van der Waals surface area (Å²) in [5.41, 5.74) is 1.33. The van der Waals surface area contributed by atoms with Crippen molar-refractivity contribution in [2.75, 3.05) is 13.1 Å². The van der Waals surface area contributed by atoms with Gasteiger partial charge in [-0.15, -0.1) is 0 Å². The van der Waals surface area contributed by atoms with Crippen molar-refractivity contribution in [2.24, 2.45) is 5.92 Å². The number of hydrogen-bond donors (Lipinski definition) is 1. The third-order valence-electron chi connectivity index (χ3n) is 7.10. The summed E-state index contributed by atoms with van der Waals surface area (Å²) < 4.78 is 7.36. The Hall–Kier alpha value is -3.56. The number of carbonyl (C=O) groups is 2. The second kappa shape index (κ2) is 10.4. The molecule has 5 rings (SSSR count). The van der Waals surface area contributed by atoms with E-state index < -0.39 is 0 Å². The van der Waals surface area contributed by atoms with Crippen molar-refractivity contribution < 1.29 is 14.1 Å². The number of amides is 2. The highest BCUT2D eigenvalue weighted by Crippen LogP contribution is 2.41. The molecule has 184 valence electrons. The molecule has 0 unspecified atom stereocenters. The van der Waals surface area contributed by atoms with Crippen molar-refractivity contribution in [2.45, 2.75) is 64.0 Å². The largest absolute Gasteiger partial charge is 0.356 e. The number of fused-ring (bicyclic) bond motifs is 1. The van der Waals surface area contributed by atoms with Gasteiger partial charge in [-0.1, -0.05) is 18.0 Å². The molecular weight excluding hydrogens is 446 g/mol. The van der Waals surface area contributed by atoms with Crippen molar-refractivity contribution in [1.29, 1.82) is 0 Å². The van der Waals surface area contributed by atoms with Gasteiger partial charge in [0.25, 0.3) is 5.91 Å². The van der Waals surface area contributed by atoms with Crippen LogP contribution in [0.5, 0.6) is 0 Å². The summed E-state index contributed by atoms with van der Waals surface area (Å²) in [7, 11) is 0. The normalized spacial score (nSPS) is 23.4. The predicted octanol–water partition coefficient (Wildman–Crippen LogP) is 3.04. The molecule has 0 radical (unpaired) electrons. The summed E-state index contributed by atoms with van der Waals surface area (Å²) in [4.78, 5) is 37.7. The highest BCUT2D eigenvalue weighted by Gasteiger charge is 2.46. The number of aryl methyl sites for hydroxylation is 1. The fraction of sp³-hybridized carbons (Fsp3) is 0.520. The van der Waals surface area contributed by atoms with Gasteiger partial charge in [0, 0.05) is 55.7 Å². The molecule has 0 aromatic carbocycles. The van der Waals surface area contributed by atoms with Gasteiger partial charge >= 0.3 is 0 Å². The summed E-state index contributed by atoms with van der Waals surface area (Å²) in [5, 5.41) is 11.5. The van der Waals surface area contributed by atoms with Gasteiger partial charge in [-0.25, -0.2) is 0 Å². The van der Waals surface area contributed by atoms with Crippen LogP contribution < -0.4 is 5.32 Å². The molecule has 1 aliphatic carbocycles. The van der Waals surface area contributed by atoms with Crippen LogP contribution in [0.25, 0.3) is 11.4 Å². The SMILES string of the molecule is CCn1nccc1C(=O)N1CCCCCCNC(=O)[C@@H]2C[C@@H](c3nc(-c4cccnc4)no3)C[C@@H]21. The Morgan fingerprint density at radius 3 is 2.89 bits per heavy atom. The third kappa shape index (κ3) is 4.82. The van der Waals surface area contributed by atoms with E-state index in [1.165, 1.54) is 0 Å². The van der Waals surface area contributed by atoms with Crippen molar-refractivity contribution in [3.63, 3.8) is 0 Å². The van der Waals surface area contributed by atoms with Crippen LogP contribution in [-0.4, -0.2) is 60.8 Å². The van der Waals surface area contributed by atoms with E-state index in [9.17, 15) is 9.59 Å². The lowest BCUT2D eigenvalue weighted by molar-refractivity contribution is -0.126. The average molecular weight is 478 g/mol. The second-order valence-electron chi connectivity index (χ2n) is 9.28. The zero-order valence-corrected chi connectivity index (χ0v) is 20.0. The van der Waals surface area contributed by atoms with E-state index in [0.717, 1.165) is 31.2 Å². The molecule has 2 amide bonds. The molecule has 3 aromatic rings. The summed E-state index contributed by atoms with van der Waals surface area (Å²) in [6, 6.07) is 5.22. The van der Waals surface area contributed by atoms with E-state index in [-0.39, 0.29) is 29.7 Å². The highest BCUT2D eigenvalue weighted by molar-refractivity contribution is 5.93. The monoisotopic (exact) mass is 477 g/mol. The lowest BCUT2D eigenvalue weighted by atomic mass is 10.00. The predicted molar refractivity (Wildman–Crippen MR) is 127 cm³/mol. The van der Waals surface area contributed by atoms with Crippen molar-refractivity contribution in [3.05, 3.63) is 48.4 Å². The molecule has 10 nitrogen and oxygen atoms in total. The first-order valence-corrected chi connectivity index (χ1v) is 12.5. The fourth-order valence-corrected chi connectivity index (χ4v) is 5.29. The Morgan fingerprint density at radius 2 is 2.06 bits per heavy atom. The van der Waals surface area contributed by atoms with Gasteiger partial charge in [-0.3, -0.25) is 19.3 Å². The Morgan fingerprint density at radius 1 is 1.17 bits per heavy atom. The molecule has 0 spiro atoms. The van der Waals surface area contributed by atoms with Gasteiger partial charge < -0.3 is 14.7 Å². The van der Waals surface area contributed by atoms with Crippen LogP contribution in [0.3, 0.4) is 0 Å². The summed E-state index contributed by atoms with van der Waals surface area (Å²) in [5.74, 6) is 0.451. The molecule has 2 fully saturated rings. The van der Waals surface area contributed by atoms with Gasteiger partial charge in [0.05, 0.1) is 5.92 Å². The van der Waals surface area contributed by atoms with E-state index in [2.05, 4.69) is 25.5 Å². The van der Waals surface area contributed by atoms with Gasteiger partial charge in [0.2, 0.25) is 17.6 Å². The van der Waals surface area contributed by atoms with Crippen LogP contribution in [0.4, 0.5) is 0 Å². The summed E-state index contributed by atoms with van der Waals surface area (Å²) in [6.45, 7) is 3.85. The lowest BCUT2D eigenvalue weighted by Gasteiger charge is -2.32. The van der Waals surface area contributed by atoms with Gasteiger partial charge in [-0.2, -0.15) is 10.1 Å². The van der Waals surface area contributed by atoms with E-state index >= 15 is 0 Å². The number of hydrogen-bond acceptors (Lipinski definition) is 7. The van der Waals surface area contributed by atoms with Crippen LogP contribution >= 0.6 is 0 Å². The molecule has 3 aromatic heterocycles. The molecule has 1 saturated carbocycles. The highest BCUT2D eigenvalue weighted by atomic mass is 16.5. The second-order valence-corrected chi connectivity index (χ2v) is 9.28. The van der Waals surface area contributed by atoms with Crippen molar-refractivity contribution >= 4 is 11.8 Å².